The van der Waals surface area contributed by atoms with E-state index in [2.05, 4.69) is 30.7 Å². The highest BCUT2D eigenvalue weighted by molar-refractivity contribution is 5.14. The Kier molecular flexibility index (Phi) is 7.94. The van der Waals surface area contributed by atoms with Gasteiger partial charge in [0.25, 0.3) is 0 Å². The zero-order valence-electron chi connectivity index (χ0n) is 12.7. The van der Waals surface area contributed by atoms with Gasteiger partial charge < -0.3 is 4.98 Å². The summed E-state index contributed by atoms with van der Waals surface area (Å²) in [5.41, 5.74) is 2.39. The average molecular weight is 238 g/mol. The molecule has 0 spiro atoms. The summed E-state index contributed by atoms with van der Waals surface area (Å²) in [6.07, 6.45) is 3.99. The maximum Gasteiger partial charge on any atom is 0.109 e. The predicted octanol–water partition coefficient (Wildman–Crippen LogP) is 4.98. The van der Waals surface area contributed by atoms with Gasteiger partial charge in [-0.25, -0.2) is 4.98 Å². The SMILES string of the molecule is CC.CC.Cc1nc(C2CCC(C)C2)[nH]c1C. The first-order chi connectivity index (χ1) is 8.16. The standard InChI is InChI=1S/C11H18N2.2C2H6/c1-7-4-5-10(6-7)11-12-8(2)9(3)13-11;2*1-2/h7,10H,4-6H2,1-3H3,(H,12,13);2*1-2H3. The lowest BCUT2D eigenvalue weighted by atomic mass is 10.1. The van der Waals surface area contributed by atoms with Crippen molar-refractivity contribution in [1.82, 2.24) is 9.97 Å². The number of hydrogen-bond acceptors (Lipinski definition) is 1. The zero-order valence-corrected chi connectivity index (χ0v) is 12.7. The van der Waals surface area contributed by atoms with Gasteiger partial charge in [-0.1, -0.05) is 34.6 Å². The van der Waals surface area contributed by atoms with Crippen molar-refractivity contribution < 1.29 is 0 Å². The van der Waals surface area contributed by atoms with Gasteiger partial charge in [0, 0.05) is 11.6 Å². The van der Waals surface area contributed by atoms with Crippen LogP contribution >= 0.6 is 0 Å². The van der Waals surface area contributed by atoms with Crippen LogP contribution in [0.2, 0.25) is 0 Å². The number of imidazole rings is 1. The Bertz CT molecular complexity index is 282. The molecule has 0 bridgehead atoms. The Labute approximate surface area is 107 Å². The van der Waals surface area contributed by atoms with E-state index in [-0.39, 0.29) is 0 Å². The molecule has 0 aliphatic heterocycles. The van der Waals surface area contributed by atoms with Gasteiger partial charge in [0.05, 0.1) is 5.69 Å². The number of rotatable bonds is 1. The summed E-state index contributed by atoms with van der Waals surface area (Å²) >= 11 is 0. The van der Waals surface area contributed by atoms with Crippen molar-refractivity contribution >= 4 is 0 Å². The molecule has 0 aromatic carbocycles. The number of nitrogens with zero attached hydrogens (tertiary/aromatic N) is 1. The van der Waals surface area contributed by atoms with Crippen LogP contribution in [0.1, 0.15) is 77.0 Å². The molecule has 1 aliphatic carbocycles. The molecule has 1 N–H and O–H groups in total. The predicted molar refractivity (Wildman–Crippen MR) is 76.5 cm³/mol. The zero-order chi connectivity index (χ0) is 13.4. The molecule has 1 heterocycles. The molecule has 2 atom stereocenters. The van der Waals surface area contributed by atoms with E-state index in [0.29, 0.717) is 5.92 Å². The first kappa shape index (κ1) is 16.2. The fraction of sp³-hybridized carbons (Fsp3) is 0.800. The van der Waals surface area contributed by atoms with Gasteiger partial charge in [-0.05, 0) is 39.0 Å². The van der Waals surface area contributed by atoms with Gasteiger partial charge >= 0.3 is 0 Å². The number of aromatic nitrogens is 2. The van der Waals surface area contributed by atoms with Gasteiger partial charge in [0.1, 0.15) is 5.82 Å². The number of aryl methyl sites for hydroxylation is 2. The number of H-pyrrole nitrogens is 1. The van der Waals surface area contributed by atoms with Gasteiger partial charge in [0.15, 0.2) is 0 Å². The third kappa shape index (κ3) is 4.53. The lowest BCUT2D eigenvalue weighted by Crippen LogP contribution is -1.96. The number of hydrogen-bond donors (Lipinski definition) is 1. The maximum atomic E-state index is 4.57. The van der Waals surface area contributed by atoms with Crippen LogP contribution in [-0.4, -0.2) is 9.97 Å². The van der Waals surface area contributed by atoms with Crippen molar-refractivity contribution in [3.05, 3.63) is 17.2 Å². The lowest BCUT2D eigenvalue weighted by Gasteiger charge is -2.04. The topological polar surface area (TPSA) is 28.7 Å². The molecule has 17 heavy (non-hydrogen) atoms. The van der Waals surface area contributed by atoms with Crippen LogP contribution in [0.15, 0.2) is 0 Å². The Balaban J connectivity index is 0.000000581. The van der Waals surface area contributed by atoms with E-state index in [1.54, 1.807) is 0 Å². The Morgan fingerprint density at radius 3 is 2.00 bits per heavy atom. The number of nitrogens with one attached hydrogen (secondary N) is 1. The molecule has 1 aliphatic rings. The van der Waals surface area contributed by atoms with Crippen LogP contribution in [0.25, 0.3) is 0 Å². The molecule has 2 heteroatoms. The summed E-state index contributed by atoms with van der Waals surface area (Å²) < 4.78 is 0. The molecule has 1 aromatic heterocycles. The van der Waals surface area contributed by atoms with Gasteiger partial charge in [-0.2, -0.15) is 0 Å². The highest BCUT2D eigenvalue weighted by Crippen LogP contribution is 2.36. The third-order valence-corrected chi connectivity index (χ3v) is 3.23. The summed E-state index contributed by atoms with van der Waals surface area (Å²) in [6, 6.07) is 0. The summed E-state index contributed by atoms with van der Waals surface area (Å²) in [6.45, 7) is 14.5. The van der Waals surface area contributed by atoms with E-state index in [0.717, 1.165) is 11.6 Å². The van der Waals surface area contributed by atoms with Crippen molar-refractivity contribution in [2.45, 2.75) is 73.6 Å². The van der Waals surface area contributed by atoms with E-state index >= 15 is 0 Å². The molecule has 2 nitrogen and oxygen atoms in total. The van der Waals surface area contributed by atoms with E-state index in [1.807, 2.05) is 27.7 Å². The second kappa shape index (κ2) is 8.32. The highest BCUT2D eigenvalue weighted by Gasteiger charge is 2.25. The minimum absolute atomic E-state index is 0.697. The van der Waals surface area contributed by atoms with Gasteiger partial charge in [0.2, 0.25) is 0 Å². The highest BCUT2D eigenvalue weighted by atomic mass is 14.9. The largest absolute Gasteiger partial charge is 0.346 e. The van der Waals surface area contributed by atoms with Crippen molar-refractivity contribution in [2.24, 2.45) is 5.92 Å². The fourth-order valence-electron chi connectivity index (χ4n) is 2.22. The minimum Gasteiger partial charge on any atom is -0.346 e. The van der Waals surface area contributed by atoms with Crippen molar-refractivity contribution in [3.63, 3.8) is 0 Å². The molecule has 0 amide bonds. The van der Waals surface area contributed by atoms with Crippen LogP contribution in [-0.2, 0) is 0 Å². The van der Waals surface area contributed by atoms with Crippen LogP contribution in [0, 0.1) is 19.8 Å². The molecule has 1 aromatic rings. The summed E-state index contributed by atoms with van der Waals surface area (Å²) in [5.74, 6) is 2.80. The molecule has 2 rings (SSSR count). The quantitative estimate of drug-likeness (QED) is 0.734. The van der Waals surface area contributed by atoms with Crippen LogP contribution in [0.3, 0.4) is 0 Å². The lowest BCUT2D eigenvalue weighted by molar-refractivity contribution is 0.587. The molecular formula is C15H30N2. The van der Waals surface area contributed by atoms with E-state index in [1.165, 1.54) is 30.8 Å². The summed E-state index contributed by atoms with van der Waals surface area (Å²) in [5, 5.41) is 0. The molecule has 0 radical (unpaired) electrons. The van der Waals surface area contributed by atoms with Gasteiger partial charge in [-0.3, -0.25) is 0 Å². The van der Waals surface area contributed by atoms with Crippen LogP contribution in [0.4, 0.5) is 0 Å². The normalized spacial score (nSPS) is 22.3. The number of aromatic amines is 1. The molecule has 1 fully saturated rings. The first-order valence-electron chi connectivity index (χ1n) is 7.20. The van der Waals surface area contributed by atoms with Crippen LogP contribution in [0.5, 0.6) is 0 Å². The van der Waals surface area contributed by atoms with Crippen molar-refractivity contribution in [3.8, 4) is 0 Å². The monoisotopic (exact) mass is 238 g/mol. The van der Waals surface area contributed by atoms with E-state index < -0.39 is 0 Å². The fourth-order valence-corrected chi connectivity index (χ4v) is 2.22. The van der Waals surface area contributed by atoms with Gasteiger partial charge in [-0.15, -0.1) is 0 Å². The minimum atomic E-state index is 0.697. The molecule has 1 saturated carbocycles. The van der Waals surface area contributed by atoms with Crippen LogP contribution < -0.4 is 0 Å². The van der Waals surface area contributed by atoms with Crippen molar-refractivity contribution in [2.75, 3.05) is 0 Å². The Morgan fingerprint density at radius 1 is 1.06 bits per heavy atom. The smallest absolute Gasteiger partial charge is 0.109 e. The Morgan fingerprint density at radius 2 is 1.65 bits per heavy atom. The van der Waals surface area contributed by atoms with E-state index in [4.69, 9.17) is 0 Å². The second-order valence-corrected chi connectivity index (χ2v) is 4.45. The molecule has 2 unspecified atom stereocenters. The average Bonchev–Trinajstić information content (AvgIpc) is 2.92. The second-order valence-electron chi connectivity index (χ2n) is 4.45. The van der Waals surface area contributed by atoms with Crippen molar-refractivity contribution in [1.29, 1.82) is 0 Å². The summed E-state index contributed by atoms with van der Waals surface area (Å²) in [7, 11) is 0. The third-order valence-electron chi connectivity index (χ3n) is 3.23. The summed E-state index contributed by atoms with van der Waals surface area (Å²) in [4.78, 5) is 7.97. The van der Waals surface area contributed by atoms with E-state index in [9.17, 15) is 0 Å². The maximum absolute atomic E-state index is 4.57. The first-order valence-corrected chi connectivity index (χ1v) is 7.20. The molecule has 0 saturated heterocycles. The molecular weight excluding hydrogens is 208 g/mol. The Hall–Kier alpha value is -0.790. The molecule has 100 valence electrons.